The highest BCUT2D eigenvalue weighted by Gasteiger charge is 2.14. The number of amides is 2. The van der Waals surface area contributed by atoms with Crippen molar-refractivity contribution in [3.05, 3.63) is 33.4 Å². The van der Waals surface area contributed by atoms with Crippen LogP contribution in [0, 0.1) is 27.7 Å². The largest absolute Gasteiger partial charge is 0.461 e. The summed E-state index contributed by atoms with van der Waals surface area (Å²) in [7, 11) is 0. The molecule has 1 aromatic carbocycles. The molecule has 0 aromatic heterocycles. The van der Waals surface area contributed by atoms with Crippen LogP contribution in [0.15, 0.2) is 5.10 Å². The summed E-state index contributed by atoms with van der Waals surface area (Å²) in [6.07, 6.45) is 1.57. The first-order chi connectivity index (χ1) is 9.75. The highest BCUT2D eigenvalue weighted by Crippen LogP contribution is 2.26. The SMILES string of the molecule is CC(=O)OCc1c(C)c(C)c(C=NNC(N)=O)c(C)c1C. The number of nitrogens with one attached hydrogen (secondary N) is 1. The minimum absolute atomic E-state index is 0.256. The molecule has 1 rings (SSSR count). The van der Waals surface area contributed by atoms with E-state index >= 15 is 0 Å². The van der Waals surface area contributed by atoms with Crippen molar-refractivity contribution >= 4 is 18.2 Å². The molecule has 0 unspecified atom stereocenters. The second-order valence-corrected chi connectivity index (χ2v) is 4.91. The lowest BCUT2D eigenvalue weighted by molar-refractivity contribution is -0.142. The van der Waals surface area contributed by atoms with E-state index < -0.39 is 6.03 Å². The number of rotatable bonds is 4. The van der Waals surface area contributed by atoms with E-state index in [2.05, 4.69) is 10.5 Å². The minimum atomic E-state index is -0.707. The normalized spacial score (nSPS) is 10.7. The molecule has 0 atom stereocenters. The average molecular weight is 291 g/mol. The van der Waals surface area contributed by atoms with Gasteiger partial charge in [0.15, 0.2) is 0 Å². The third kappa shape index (κ3) is 4.05. The Hall–Kier alpha value is -2.37. The maximum Gasteiger partial charge on any atom is 0.332 e. The number of primary amides is 1. The Balaban J connectivity index is 3.22. The van der Waals surface area contributed by atoms with Crippen molar-refractivity contribution in [2.45, 2.75) is 41.2 Å². The molecule has 2 amide bonds. The number of esters is 1. The van der Waals surface area contributed by atoms with Crippen molar-refractivity contribution in [2.75, 3.05) is 0 Å². The van der Waals surface area contributed by atoms with Crippen LogP contribution in [0.2, 0.25) is 0 Å². The number of hydrogen-bond donors (Lipinski definition) is 2. The predicted molar refractivity (Wildman–Crippen MR) is 81.2 cm³/mol. The van der Waals surface area contributed by atoms with Crippen molar-refractivity contribution in [1.29, 1.82) is 0 Å². The van der Waals surface area contributed by atoms with Crippen LogP contribution >= 0.6 is 0 Å². The van der Waals surface area contributed by atoms with Crippen molar-refractivity contribution in [1.82, 2.24) is 5.43 Å². The molecule has 0 aliphatic heterocycles. The zero-order valence-electron chi connectivity index (χ0n) is 13.0. The lowest BCUT2D eigenvalue weighted by Crippen LogP contribution is -2.24. The molecule has 0 aliphatic carbocycles. The standard InChI is InChI=1S/C15H21N3O3/c1-8-10(3)14(7-21-12(5)19)11(4)9(2)13(8)6-17-18-15(16)20/h6H,7H2,1-5H3,(H3,16,18,20). The molecule has 0 fully saturated rings. The summed E-state index contributed by atoms with van der Waals surface area (Å²) in [5.41, 5.74) is 13.2. The summed E-state index contributed by atoms with van der Waals surface area (Å²) in [6, 6.07) is -0.707. The average Bonchev–Trinajstić information content (AvgIpc) is 2.40. The van der Waals surface area contributed by atoms with Crippen LogP contribution in [0.5, 0.6) is 0 Å². The molecular weight excluding hydrogens is 270 g/mol. The molecule has 114 valence electrons. The molecule has 0 radical (unpaired) electrons. The maximum absolute atomic E-state index is 11.0. The van der Waals surface area contributed by atoms with E-state index in [0.717, 1.165) is 33.4 Å². The van der Waals surface area contributed by atoms with Crippen molar-refractivity contribution in [2.24, 2.45) is 10.8 Å². The van der Waals surface area contributed by atoms with Gasteiger partial charge in [0.25, 0.3) is 0 Å². The summed E-state index contributed by atoms with van der Waals surface area (Å²) in [6.45, 7) is 9.51. The Labute approximate surface area is 124 Å². The first kappa shape index (κ1) is 16.7. The number of urea groups is 1. The van der Waals surface area contributed by atoms with Gasteiger partial charge in [-0.25, -0.2) is 10.2 Å². The van der Waals surface area contributed by atoms with Gasteiger partial charge in [0.05, 0.1) is 6.21 Å². The third-order valence-electron chi connectivity index (χ3n) is 3.63. The van der Waals surface area contributed by atoms with E-state index in [4.69, 9.17) is 10.5 Å². The minimum Gasteiger partial charge on any atom is -0.461 e. The summed E-state index contributed by atoms with van der Waals surface area (Å²) < 4.78 is 5.11. The predicted octanol–water partition coefficient (Wildman–Crippen LogP) is 1.99. The summed E-state index contributed by atoms with van der Waals surface area (Å²) in [4.78, 5) is 21.6. The summed E-state index contributed by atoms with van der Waals surface area (Å²) >= 11 is 0. The molecule has 0 aliphatic rings. The van der Waals surface area contributed by atoms with Crippen LogP contribution in [0.1, 0.15) is 40.3 Å². The second kappa shape index (κ2) is 6.88. The fourth-order valence-electron chi connectivity index (χ4n) is 2.16. The van der Waals surface area contributed by atoms with E-state index in [1.807, 2.05) is 27.7 Å². The van der Waals surface area contributed by atoms with Gasteiger partial charge in [-0.3, -0.25) is 4.79 Å². The number of carbonyl (C=O) groups excluding carboxylic acids is 2. The van der Waals surface area contributed by atoms with E-state index in [1.54, 1.807) is 6.21 Å². The van der Waals surface area contributed by atoms with Crippen molar-refractivity contribution in [3.63, 3.8) is 0 Å². The van der Waals surface area contributed by atoms with Crippen LogP contribution in [0.4, 0.5) is 4.79 Å². The molecule has 0 saturated heterocycles. The molecule has 1 aromatic rings. The van der Waals surface area contributed by atoms with Crippen LogP contribution < -0.4 is 11.2 Å². The van der Waals surface area contributed by atoms with Gasteiger partial charge in [0.2, 0.25) is 0 Å². The molecule has 21 heavy (non-hydrogen) atoms. The van der Waals surface area contributed by atoms with E-state index in [0.29, 0.717) is 0 Å². The fraction of sp³-hybridized carbons (Fsp3) is 0.400. The third-order valence-corrected chi connectivity index (χ3v) is 3.63. The lowest BCUT2D eigenvalue weighted by Gasteiger charge is -2.18. The number of nitrogens with two attached hydrogens (primary N) is 1. The highest BCUT2D eigenvalue weighted by atomic mass is 16.5. The van der Waals surface area contributed by atoms with Gasteiger partial charge >= 0.3 is 12.0 Å². The molecule has 6 heteroatoms. The number of hydrazone groups is 1. The van der Waals surface area contributed by atoms with Crippen molar-refractivity contribution in [3.8, 4) is 0 Å². The van der Waals surface area contributed by atoms with Crippen LogP contribution in [-0.4, -0.2) is 18.2 Å². The Morgan fingerprint density at radius 3 is 2.10 bits per heavy atom. The zero-order valence-corrected chi connectivity index (χ0v) is 13.0. The van der Waals surface area contributed by atoms with Crippen LogP contribution in [0.25, 0.3) is 0 Å². The molecule has 6 nitrogen and oxygen atoms in total. The summed E-state index contributed by atoms with van der Waals surface area (Å²) in [5, 5.41) is 3.81. The van der Waals surface area contributed by atoms with Gasteiger partial charge in [-0.2, -0.15) is 5.10 Å². The number of ether oxygens (including phenoxy) is 1. The van der Waals surface area contributed by atoms with Gasteiger partial charge in [-0.05, 0) is 55.5 Å². The number of carbonyl (C=O) groups is 2. The molecule has 3 N–H and O–H groups in total. The molecule has 0 spiro atoms. The molecular formula is C15H21N3O3. The zero-order chi connectivity index (χ0) is 16.2. The van der Waals surface area contributed by atoms with E-state index in [1.165, 1.54) is 6.92 Å². The first-order valence-corrected chi connectivity index (χ1v) is 6.56. The fourth-order valence-corrected chi connectivity index (χ4v) is 2.16. The maximum atomic E-state index is 11.0. The van der Waals surface area contributed by atoms with Gasteiger partial charge < -0.3 is 10.5 Å². The topological polar surface area (TPSA) is 93.8 Å². The molecule has 0 heterocycles. The number of hydrogen-bond acceptors (Lipinski definition) is 4. The monoisotopic (exact) mass is 291 g/mol. The molecule has 0 saturated carbocycles. The van der Waals surface area contributed by atoms with Gasteiger partial charge in [-0.1, -0.05) is 0 Å². The Morgan fingerprint density at radius 1 is 1.14 bits per heavy atom. The highest BCUT2D eigenvalue weighted by molar-refractivity contribution is 5.86. The van der Waals surface area contributed by atoms with Crippen LogP contribution in [0.3, 0.4) is 0 Å². The van der Waals surface area contributed by atoms with E-state index in [9.17, 15) is 9.59 Å². The van der Waals surface area contributed by atoms with Crippen molar-refractivity contribution < 1.29 is 14.3 Å². The van der Waals surface area contributed by atoms with E-state index in [-0.39, 0.29) is 12.6 Å². The second-order valence-electron chi connectivity index (χ2n) is 4.91. The number of benzene rings is 1. The quantitative estimate of drug-likeness (QED) is 0.504. The lowest BCUT2D eigenvalue weighted by atomic mass is 9.89. The Morgan fingerprint density at radius 2 is 1.67 bits per heavy atom. The van der Waals surface area contributed by atoms with Gasteiger partial charge in [-0.15, -0.1) is 0 Å². The summed E-state index contributed by atoms with van der Waals surface area (Å²) in [5.74, 6) is -0.305. The van der Waals surface area contributed by atoms with Crippen LogP contribution in [-0.2, 0) is 16.1 Å². The molecule has 0 bridgehead atoms. The number of nitrogens with zero attached hydrogens (tertiary/aromatic N) is 1. The first-order valence-electron chi connectivity index (χ1n) is 6.56. The Kier molecular flexibility index (Phi) is 5.46. The van der Waals surface area contributed by atoms with Gasteiger partial charge in [0, 0.05) is 12.5 Å². The smallest absolute Gasteiger partial charge is 0.332 e. The van der Waals surface area contributed by atoms with Gasteiger partial charge in [0.1, 0.15) is 6.61 Å². The Bertz CT molecular complexity index is 578.